The molecule has 1 atom stereocenters. The number of ether oxygens (including phenoxy) is 2. The van der Waals surface area contributed by atoms with Gasteiger partial charge in [0.2, 0.25) is 0 Å². The van der Waals surface area contributed by atoms with E-state index in [1.54, 1.807) is 0 Å². The molecule has 18 heavy (non-hydrogen) atoms. The van der Waals surface area contributed by atoms with E-state index in [1.165, 1.54) is 18.2 Å². The van der Waals surface area contributed by atoms with Gasteiger partial charge in [-0.3, -0.25) is 10.1 Å². The van der Waals surface area contributed by atoms with Gasteiger partial charge in [-0.2, -0.15) is 0 Å². The third-order valence-electron chi connectivity index (χ3n) is 2.56. The van der Waals surface area contributed by atoms with Crippen LogP contribution in [-0.2, 0) is 16.1 Å². The minimum Gasteiger partial charge on any atom is -0.471 e. The van der Waals surface area contributed by atoms with Crippen LogP contribution < -0.4 is 4.74 Å². The third kappa shape index (κ3) is 2.40. The molecule has 1 unspecified atom stereocenters. The lowest BCUT2D eigenvalue weighted by Crippen LogP contribution is -2.22. The van der Waals surface area contributed by atoms with Gasteiger partial charge in [0.15, 0.2) is 11.9 Å². The second-order valence-electron chi connectivity index (χ2n) is 3.78. The topological polar surface area (TPSA) is 98.9 Å². The van der Waals surface area contributed by atoms with Gasteiger partial charge < -0.3 is 14.6 Å². The highest BCUT2D eigenvalue weighted by Gasteiger charge is 2.30. The van der Waals surface area contributed by atoms with Gasteiger partial charge in [-0.15, -0.1) is 0 Å². The minimum absolute atomic E-state index is 0.0320. The Hall–Kier alpha value is -2.15. The Morgan fingerprint density at radius 1 is 1.56 bits per heavy atom. The molecule has 7 heteroatoms. The van der Waals surface area contributed by atoms with Crippen molar-refractivity contribution in [3.8, 4) is 5.75 Å². The maximum absolute atomic E-state index is 11.2. The highest BCUT2D eigenvalue weighted by Crippen LogP contribution is 2.30. The first-order valence-electron chi connectivity index (χ1n) is 5.33. The summed E-state index contributed by atoms with van der Waals surface area (Å²) in [5.74, 6) is -0.561. The molecule has 96 valence electrons. The molecule has 1 aliphatic heterocycles. The zero-order valence-electron chi connectivity index (χ0n) is 9.37. The number of aliphatic hydroxyl groups is 1. The van der Waals surface area contributed by atoms with Crippen LogP contribution >= 0.6 is 0 Å². The van der Waals surface area contributed by atoms with Gasteiger partial charge >= 0.3 is 11.7 Å². The van der Waals surface area contributed by atoms with E-state index in [4.69, 9.17) is 14.6 Å². The fourth-order valence-electron chi connectivity index (χ4n) is 1.64. The molecule has 1 aromatic rings. The summed E-state index contributed by atoms with van der Waals surface area (Å²) >= 11 is 0. The molecule has 0 saturated carbocycles. The Labute approximate surface area is 102 Å². The summed E-state index contributed by atoms with van der Waals surface area (Å²) in [6, 6.07) is 4.02. The zero-order valence-corrected chi connectivity index (χ0v) is 9.37. The SMILES string of the molecule is O=C1OCCC1Oc1cc(CO)ccc1[N+](=O)[O-]. The Morgan fingerprint density at radius 3 is 2.89 bits per heavy atom. The molecule has 0 spiro atoms. The first-order chi connectivity index (χ1) is 8.61. The summed E-state index contributed by atoms with van der Waals surface area (Å²) < 4.78 is 10.0. The molecule has 0 aliphatic carbocycles. The van der Waals surface area contributed by atoms with Crippen molar-refractivity contribution < 1.29 is 24.3 Å². The van der Waals surface area contributed by atoms with Crippen LogP contribution in [0, 0.1) is 10.1 Å². The van der Waals surface area contributed by atoms with Crippen molar-refractivity contribution >= 4 is 11.7 Å². The Morgan fingerprint density at radius 2 is 2.33 bits per heavy atom. The lowest BCUT2D eigenvalue weighted by atomic mass is 10.2. The zero-order chi connectivity index (χ0) is 13.1. The number of nitro groups is 1. The van der Waals surface area contributed by atoms with Gasteiger partial charge in [-0.1, -0.05) is 0 Å². The molecule has 0 radical (unpaired) electrons. The standard InChI is InChI=1S/C11H11NO6/c13-6-7-1-2-8(12(15)16)10(5-7)18-9-3-4-17-11(9)14/h1-2,5,9,13H,3-4,6H2. The average Bonchev–Trinajstić information content (AvgIpc) is 2.74. The van der Waals surface area contributed by atoms with E-state index >= 15 is 0 Å². The first-order valence-corrected chi connectivity index (χ1v) is 5.33. The number of carbonyl (C=O) groups excluding carboxylic acids is 1. The van der Waals surface area contributed by atoms with Gasteiger partial charge in [0, 0.05) is 12.5 Å². The Kier molecular flexibility index (Phi) is 3.42. The van der Waals surface area contributed by atoms with Crippen LogP contribution in [0.5, 0.6) is 5.75 Å². The average molecular weight is 253 g/mol. The van der Waals surface area contributed by atoms with E-state index in [2.05, 4.69) is 0 Å². The molecule has 7 nitrogen and oxygen atoms in total. The van der Waals surface area contributed by atoms with Gasteiger partial charge in [-0.05, 0) is 17.7 Å². The maximum atomic E-state index is 11.2. The molecule has 0 aromatic heterocycles. The van der Waals surface area contributed by atoms with Crippen molar-refractivity contribution in [1.82, 2.24) is 0 Å². The smallest absolute Gasteiger partial charge is 0.347 e. The van der Waals surface area contributed by atoms with E-state index in [9.17, 15) is 14.9 Å². The van der Waals surface area contributed by atoms with E-state index in [-0.39, 0.29) is 24.7 Å². The van der Waals surface area contributed by atoms with Crippen LogP contribution in [-0.4, -0.2) is 28.7 Å². The monoisotopic (exact) mass is 253 g/mol. The number of nitro benzene ring substituents is 1. The number of aliphatic hydroxyl groups excluding tert-OH is 1. The van der Waals surface area contributed by atoms with E-state index < -0.39 is 17.0 Å². The number of carbonyl (C=O) groups is 1. The molecular weight excluding hydrogens is 242 g/mol. The number of benzene rings is 1. The highest BCUT2D eigenvalue weighted by atomic mass is 16.6. The van der Waals surface area contributed by atoms with Crippen molar-refractivity contribution in [3.05, 3.63) is 33.9 Å². The number of hydrogen-bond acceptors (Lipinski definition) is 6. The fraction of sp³-hybridized carbons (Fsp3) is 0.364. The van der Waals surface area contributed by atoms with Crippen molar-refractivity contribution in [2.75, 3.05) is 6.61 Å². The van der Waals surface area contributed by atoms with Crippen LogP contribution in [0.25, 0.3) is 0 Å². The summed E-state index contributed by atoms with van der Waals surface area (Å²) in [6.45, 7) is -0.0134. The molecule has 0 amide bonds. The maximum Gasteiger partial charge on any atom is 0.347 e. The van der Waals surface area contributed by atoms with Gasteiger partial charge in [0.05, 0.1) is 18.1 Å². The molecule has 1 saturated heterocycles. The number of hydrogen-bond donors (Lipinski definition) is 1. The van der Waals surface area contributed by atoms with Crippen LogP contribution in [0.4, 0.5) is 5.69 Å². The lowest BCUT2D eigenvalue weighted by Gasteiger charge is -2.10. The van der Waals surface area contributed by atoms with E-state index in [1.807, 2.05) is 0 Å². The second kappa shape index (κ2) is 5.01. The van der Waals surface area contributed by atoms with Crippen LogP contribution in [0.2, 0.25) is 0 Å². The van der Waals surface area contributed by atoms with Gasteiger partial charge in [0.1, 0.15) is 0 Å². The number of nitrogens with zero attached hydrogens (tertiary/aromatic N) is 1. The minimum atomic E-state index is -0.822. The molecule has 1 heterocycles. The summed E-state index contributed by atoms with van der Waals surface area (Å²) in [5, 5.41) is 19.8. The first kappa shape index (κ1) is 12.3. The van der Waals surface area contributed by atoms with Crippen LogP contribution in [0.1, 0.15) is 12.0 Å². The largest absolute Gasteiger partial charge is 0.471 e. The Bertz CT molecular complexity index is 486. The molecule has 1 N–H and O–H groups in total. The summed E-state index contributed by atoms with van der Waals surface area (Å²) in [4.78, 5) is 21.5. The predicted octanol–water partition coefficient (Wildman–Crippen LogP) is 0.781. The molecule has 2 rings (SSSR count). The van der Waals surface area contributed by atoms with Gasteiger partial charge in [0.25, 0.3) is 0 Å². The summed E-state index contributed by atoms with van der Waals surface area (Å²) in [7, 11) is 0. The lowest BCUT2D eigenvalue weighted by molar-refractivity contribution is -0.386. The summed E-state index contributed by atoms with van der Waals surface area (Å²) in [5.41, 5.74) is 0.230. The van der Waals surface area contributed by atoms with Crippen molar-refractivity contribution in [3.63, 3.8) is 0 Å². The van der Waals surface area contributed by atoms with Gasteiger partial charge in [-0.25, -0.2) is 4.79 Å². The Balaban J connectivity index is 2.28. The number of cyclic esters (lactones) is 1. The van der Waals surface area contributed by atoms with Crippen LogP contribution in [0.15, 0.2) is 18.2 Å². The van der Waals surface area contributed by atoms with E-state index in [0.717, 1.165) is 0 Å². The molecule has 1 fully saturated rings. The number of rotatable bonds is 4. The molecular formula is C11H11NO6. The van der Waals surface area contributed by atoms with Crippen LogP contribution in [0.3, 0.4) is 0 Å². The van der Waals surface area contributed by atoms with Crippen molar-refractivity contribution in [2.45, 2.75) is 19.1 Å². The van der Waals surface area contributed by atoms with Crippen molar-refractivity contribution in [2.24, 2.45) is 0 Å². The predicted molar refractivity (Wildman–Crippen MR) is 59.0 cm³/mol. The fourth-order valence-corrected chi connectivity index (χ4v) is 1.64. The summed E-state index contributed by atoms with van der Waals surface area (Å²) in [6.07, 6.45) is -0.461. The second-order valence-corrected chi connectivity index (χ2v) is 3.78. The molecule has 0 bridgehead atoms. The highest BCUT2D eigenvalue weighted by molar-refractivity contribution is 5.77. The van der Waals surface area contributed by atoms with E-state index in [0.29, 0.717) is 12.0 Å². The molecule has 1 aromatic carbocycles. The van der Waals surface area contributed by atoms with Crippen molar-refractivity contribution in [1.29, 1.82) is 0 Å². The third-order valence-corrected chi connectivity index (χ3v) is 2.56. The number of esters is 1. The quantitative estimate of drug-likeness (QED) is 0.483. The normalized spacial score (nSPS) is 18.5. The molecule has 1 aliphatic rings.